The van der Waals surface area contributed by atoms with E-state index in [0.29, 0.717) is 23.8 Å². The third-order valence-electron chi connectivity index (χ3n) is 4.95. The van der Waals surface area contributed by atoms with E-state index in [1.54, 1.807) is 4.68 Å². The van der Waals surface area contributed by atoms with E-state index in [0.717, 1.165) is 29.8 Å². The molecule has 1 aromatic heterocycles. The van der Waals surface area contributed by atoms with E-state index < -0.39 is 6.04 Å². The Morgan fingerprint density at radius 1 is 1.17 bits per heavy atom. The van der Waals surface area contributed by atoms with Crippen LogP contribution >= 0.6 is 0 Å². The third kappa shape index (κ3) is 4.03. The summed E-state index contributed by atoms with van der Waals surface area (Å²) in [6, 6.07) is 16.6. The lowest BCUT2D eigenvalue weighted by Crippen LogP contribution is -2.31. The van der Waals surface area contributed by atoms with Gasteiger partial charge in [-0.15, -0.1) is 0 Å². The van der Waals surface area contributed by atoms with Gasteiger partial charge in [-0.25, -0.2) is 0 Å². The Kier molecular flexibility index (Phi) is 5.74. The van der Waals surface area contributed by atoms with Crippen LogP contribution in [0, 0.1) is 0 Å². The summed E-state index contributed by atoms with van der Waals surface area (Å²) >= 11 is 0. The van der Waals surface area contributed by atoms with Gasteiger partial charge in [-0.05, 0) is 53.6 Å². The molecule has 0 bridgehead atoms. The Labute approximate surface area is 174 Å². The van der Waals surface area contributed by atoms with Crippen molar-refractivity contribution in [3.05, 3.63) is 71.4 Å². The molecule has 2 heterocycles. The predicted molar refractivity (Wildman–Crippen MR) is 114 cm³/mol. The van der Waals surface area contributed by atoms with Crippen LogP contribution in [-0.2, 0) is 4.79 Å². The van der Waals surface area contributed by atoms with Crippen LogP contribution in [0.15, 0.2) is 65.9 Å². The number of allylic oxidation sites excluding steroid dienone is 1. The standard InChI is InChI=1S/C22H24N6O2/c1-3-4-14-30-18-12-10-16(11-13-18)20-19(15(2)23-22-25-26-27-28(20)22)21(29)24-17-8-6-5-7-9-17/h5-13,20H,3-4,14H2,1-2H3,(H,24,29)(H,23,25,27). The fourth-order valence-corrected chi connectivity index (χ4v) is 3.42. The van der Waals surface area contributed by atoms with E-state index >= 15 is 0 Å². The van der Waals surface area contributed by atoms with E-state index in [1.807, 2.05) is 61.5 Å². The molecule has 8 heteroatoms. The molecule has 30 heavy (non-hydrogen) atoms. The average Bonchev–Trinajstić information content (AvgIpc) is 3.22. The number of ether oxygens (including phenoxy) is 1. The van der Waals surface area contributed by atoms with Gasteiger partial charge in [-0.1, -0.05) is 48.8 Å². The number of tetrazole rings is 1. The summed E-state index contributed by atoms with van der Waals surface area (Å²) in [6.45, 7) is 4.67. The monoisotopic (exact) mass is 404 g/mol. The van der Waals surface area contributed by atoms with Gasteiger partial charge in [0.15, 0.2) is 0 Å². The molecule has 0 fully saturated rings. The van der Waals surface area contributed by atoms with Crippen molar-refractivity contribution < 1.29 is 9.53 Å². The summed E-state index contributed by atoms with van der Waals surface area (Å²) in [5.74, 6) is 1.09. The van der Waals surface area contributed by atoms with Gasteiger partial charge in [0.25, 0.3) is 5.91 Å². The molecule has 1 atom stereocenters. The first-order valence-electron chi connectivity index (χ1n) is 10.0. The van der Waals surface area contributed by atoms with Crippen LogP contribution in [0.25, 0.3) is 0 Å². The Bertz CT molecular complexity index is 1040. The summed E-state index contributed by atoms with van der Waals surface area (Å²) in [6.07, 6.45) is 2.09. The second-order valence-electron chi connectivity index (χ2n) is 7.10. The van der Waals surface area contributed by atoms with Gasteiger partial charge >= 0.3 is 0 Å². The van der Waals surface area contributed by atoms with Crippen LogP contribution in [0.1, 0.15) is 38.3 Å². The molecule has 2 N–H and O–H groups in total. The van der Waals surface area contributed by atoms with Gasteiger partial charge < -0.3 is 15.4 Å². The van der Waals surface area contributed by atoms with Crippen molar-refractivity contribution in [1.82, 2.24) is 20.2 Å². The normalized spacial score (nSPS) is 15.3. The number of carbonyl (C=O) groups excluding carboxylic acids is 1. The number of hydrogen-bond acceptors (Lipinski definition) is 6. The number of nitrogens with one attached hydrogen (secondary N) is 2. The zero-order valence-electron chi connectivity index (χ0n) is 17.0. The minimum absolute atomic E-state index is 0.208. The smallest absolute Gasteiger partial charge is 0.255 e. The minimum Gasteiger partial charge on any atom is -0.494 e. The summed E-state index contributed by atoms with van der Waals surface area (Å²) in [7, 11) is 0. The second kappa shape index (κ2) is 8.77. The zero-order chi connectivity index (χ0) is 20.9. The molecule has 0 spiro atoms. The lowest BCUT2D eigenvalue weighted by atomic mass is 9.95. The number of benzene rings is 2. The molecular formula is C22H24N6O2. The lowest BCUT2D eigenvalue weighted by Gasteiger charge is -2.28. The molecule has 8 nitrogen and oxygen atoms in total. The molecule has 1 aliphatic heterocycles. The van der Waals surface area contributed by atoms with Crippen molar-refractivity contribution in [3.8, 4) is 5.75 Å². The van der Waals surface area contributed by atoms with Gasteiger partial charge in [0.05, 0.1) is 12.2 Å². The number of nitrogens with zero attached hydrogens (tertiary/aromatic N) is 4. The number of rotatable bonds is 7. The number of unbranched alkanes of at least 4 members (excludes halogenated alkanes) is 1. The Morgan fingerprint density at radius 2 is 1.93 bits per heavy atom. The predicted octanol–water partition coefficient (Wildman–Crippen LogP) is 3.78. The van der Waals surface area contributed by atoms with Crippen LogP contribution in [0.4, 0.5) is 11.6 Å². The summed E-state index contributed by atoms with van der Waals surface area (Å²) in [5, 5.41) is 18.0. The quantitative estimate of drug-likeness (QED) is 0.582. The highest BCUT2D eigenvalue weighted by atomic mass is 16.5. The van der Waals surface area contributed by atoms with Gasteiger partial charge in [0.2, 0.25) is 5.95 Å². The van der Waals surface area contributed by atoms with Gasteiger partial charge in [0, 0.05) is 11.4 Å². The Morgan fingerprint density at radius 3 is 2.67 bits per heavy atom. The lowest BCUT2D eigenvalue weighted by molar-refractivity contribution is -0.113. The van der Waals surface area contributed by atoms with Gasteiger partial charge in [-0.3, -0.25) is 4.79 Å². The van der Waals surface area contributed by atoms with Crippen LogP contribution in [0.2, 0.25) is 0 Å². The van der Waals surface area contributed by atoms with Crippen LogP contribution < -0.4 is 15.4 Å². The zero-order valence-corrected chi connectivity index (χ0v) is 17.0. The van der Waals surface area contributed by atoms with Crippen molar-refractivity contribution in [2.45, 2.75) is 32.7 Å². The van der Waals surface area contributed by atoms with Gasteiger partial charge in [0.1, 0.15) is 11.8 Å². The molecule has 154 valence electrons. The van der Waals surface area contributed by atoms with E-state index in [4.69, 9.17) is 4.74 Å². The van der Waals surface area contributed by atoms with Gasteiger partial charge in [-0.2, -0.15) is 4.68 Å². The van der Waals surface area contributed by atoms with E-state index in [1.165, 1.54) is 0 Å². The molecule has 0 radical (unpaired) electrons. The number of aromatic nitrogens is 4. The summed E-state index contributed by atoms with van der Waals surface area (Å²) in [4.78, 5) is 13.2. The molecule has 0 aliphatic carbocycles. The first-order valence-corrected chi connectivity index (χ1v) is 10.0. The fourth-order valence-electron chi connectivity index (χ4n) is 3.42. The first kappa shape index (κ1) is 19.6. The van der Waals surface area contributed by atoms with Crippen molar-refractivity contribution in [2.24, 2.45) is 0 Å². The molecule has 4 rings (SSSR count). The maximum atomic E-state index is 13.2. The first-order chi connectivity index (χ1) is 14.7. The van der Waals surface area contributed by atoms with E-state index in [-0.39, 0.29) is 5.91 Å². The molecular weight excluding hydrogens is 380 g/mol. The summed E-state index contributed by atoms with van der Waals surface area (Å²) < 4.78 is 7.39. The minimum atomic E-state index is -0.454. The van der Waals surface area contributed by atoms with Crippen LogP contribution in [0.5, 0.6) is 5.75 Å². The maximum absolute atomic E-state index is 13.2. The van der Waals surface area contributed by atoms with Crippen molar-refractivity contribution >= 4 is 17.5 Å². The number of fused-ring (bicyclic) bond motifs is 1. The van der Waals surface area contributed by atoms with E-state index in [2.05, 4.69) is 33.1 Å². The Balaban J connectivity index is 1.65. The molecule has 0 saturated heterocycles. The highest BCUT2D eigenvalue weighted by molar-refractivity contribution is 6.05. The maximum Gasteiger partial charge on any atom is 0.255 e. The van der Waals surface area contributed by atoms with Crippen molar-refractivity contribution in [1.29, 1.82) is 0 Å². The average molecular weight is 404 g/mol. The largest absolute Gasteiger partial charge is 0.494 e. The highest BCUT2D eigenvalue weighted by Gasteiger charge is 2.34. The van der Waals surface area contributed by atoms with E-state index in [9.17, 15) is 4.79 Å². The van der Waals surface area contributed by atoms with Crippen LogP contribution in [0.3, 0.4) is 0 Å². The highest BCUT2D eigenvalue weighted by Crippen LogP contribution is 2.35. The number of anilines is 2. The fraction of sp³-hybridized carbons (Fsp3) is 0.273. The molecule has 3 aromatic rings. The number of para-hydroxylation sites is 1. The van der Waals surface area contributed by atoms with Crippen molar-refractivity contribution in [3.63, 3.8) is 0 Å². The number of amides is 1. The molecule has 1 amide bonds. The summed E-state index contributed by atoms with van der Waals surface area (Å²) in [5.41, 5.74) is 2.88. The third-order valence-corrected chi connectivity index (χ3v) is 4.95. The molecule has 1 unspecified atom stereocenters. The number of carbonyl (C=O) groups is 1. The number of hydrogen-bond donors (Lipinski definition) is 2. The Hall–Kier alpha value is -3.68. The second-order valence-corrected chi connectivity index (χ2v) is 7.10. The molecule has 0 saturated carbocycles. The molecule has 2 aromatic carbocycles. The SMILES string of the molecule is CCCCOc1ccc(C2C(C(=O)Nc3ccccc3)=C(C)Nc3nnnn32)cc1. The van der Waals surface area contributed by atoms with Crippen molar-refractivity contribution in [2.75, 3.05) is 17.2 Å². The molecule has 1 aliphatic rings. The topological polar surface area (TPSA) is 94.0 Å². The van der Waals surface area contributed by atoms with Crippen LogP contribution in [-0.4, -0.2) is 32.7 Å².